The van der Waals surface area contributed by atoms with Gasteiger partial charge in [0.25, 0.3) is 11.8 Å². The van der Waals surface area contributed by atoms with Gasteiger partial charge in [-0.25, -0.2) is 4.98 Å². The Morgan fingerprint density at radius 3 is 2.41 bits per heavy atom. The SMILES string of the molecule is CC1CCCC(C)N1C(=O)c1cc(Cl)ccc1NC(=O)c1ccc(N(C)C)nc1. The molecule has 1 aliphatic heterocycles. The zero-order chi connectivity index (χ0) is 21.1. The average molecular weight is 415 g/mol. The van der Waals surface area contributed by atoms with Crippen LogP contribution in [-0.4, -0.2) is 47.9 Å². The Morgan fingerprint density at radius 2 is 1.83 bits per heavy atom. The Bertz CT molecular complexity index is 888. The number of pyridine rings is 1. The van der Waals surface area contributed by atoms with E-state index < -0.39 is 0 Å². The van der Waals surface area contributed by atoms with E-state index in [-0.39, 0.29) is 23.9 Å². The van der Waals surface area contributed by atoms with Crippen molar-refractivity contribution >= 4 is 34.9 Å². The molecule has 0 radical (unpaired) electrons. The molecule has 2 unspecified atom stereocenters. The summed E-state index contributed by atoms with van der Waals surface area (Å²) >= 11 is 6.18. The van der Waals surface area contributed by atoms with Gasteiger partial charge in [-0.1, -0.05) is 11.6 Å². The van der Waals surface area contributed by atoms with Crippen molar-refractivity contribution in [3.05, 3.63) is 52.7 Å². The minimum atomic E-state index is -0.320. The fraction of sp³-hybridized carbons (Fsp3) is 0.409. The second-order valence-electron chi connectivity index (χ2n) is 7.78. The van der Waals surface area contributed by atoms with Crippen molar-refractivity contribution in [2.24, 2.45) is 0 Å². The van der Waals surface area contributed by atoms with Crippen LogP contribution >= 0.6 is 11.6 Å². The maximum Gasteiger partial charge on any atom is 0.257 e. The molecule has 29 heavy (non-hydrogen) atoms. The van der Waals surface area contributed by atoms with Gasteiger partial charge in [-0.3, -0.25) is 9.59 Å². The maximum absolute atomic E-state index is 13.3. The summed E-state index contributed by atoms with van der Waals surface area (Å²) in [5.74, 6) is 0.333. The van der Waals surface area contributed by atoms with Gasteiger partial charge in [0.1, 0.15) is 5.82 Å². The number of nitrogens with zero attached hydrogens (tertiary/aromatic N) is 3. The summed E-state index contributed by atoms with van der Waals surface area (Å²) in [5.41, 5.74) is 1.28. The first-order valence-electron chi connectivity index (χ1n) is 9.85. The number of amides is 2. The zero-order valence-electron chi connectivity index (χ0n) is 17.3. The molecule has 6 nitrogen and oxygen atoms in total. The van der Waals surface area contributed by atoms with Gasteiger partial charge in [-0.2, -0.15) is 0 Å². The quantitative estimate of drug-likeness (QED) is 0.802. The molecule has 2 aromatic rings. The number of nitrogens with one attached hydrogen (secondary N) is 1. The van der Waals surface area contributed by atoms with Crippen molar-refractivity contribution in [3.63, 3.8) is 0 Å². The van der Waals surface area contributed by atoms with Gasteiger partial charge in [0, 0.05) is 37.4 Å². The van der Waals surface area contributed by atoms with Crippen molar-refractivity contribution in [2.75, 3.05) is 24.3 Å². The summed E-state index contributed by atoms with van der Waals surface area (Å²) in [7, 11) is 3.77. The van der Waals surface area contributed by atoms with Crippen LogP contribution in [0.5, 0.6) is 0 Å². The number of hydrogen-bond donors (Lipinski definition) is 1. The Morgan fingerprint density at radius 1 is 1.14 bits per heavy atom. The number of carbonyl (C=O) groups is 2. The number of hydrogen-bond acceptors (Lipinski definition) is 4. The second kappa shape index (κ2) is 8.82. The number of piperidine rings is 1. The molecule has 7 heteroatoms. The summed E-state index contributed by atoms with van der Waals surface area (Å²) in [6, 6.07) is 8.76. The van der Waals surface area contributed by atoms with Gasteiger partial charge in [0.15, 0.2) is 0 Å². The van der Waals surface area contributed by atoms with E-state index in [1.165, 1.54) is 6.20 Å². The Labute approximate surface area is 176 Å². The minimum absolute atomic E-state index is 0.108. The van der Waals surface area contributed by atoms with Gasteiger partial charge >= 0.3 is 0 Å². The van der Waals surface area contributed by atoms with E-state index in [0.29, 0.717) is 21.8 Å². The van der Waals surface area contributed by atoms with Crippen LogP contribution < -0.4 is 10.2 Å². The molecule has 2 atom stereocenters. The molecule has 1 N–H and O–H groups in total. The van der Waals surface area contributed by atoms with E-state index in [4.69, 9.17) is 11.6 Å². The molecule has 0 bridgehead atoms. The summed E-state index contributed by atoms with van der Waals surface area (Å²) in [6.07, 6.45) is 4.59. The predicted octanol–water partition coefficient (Wildman–Crippen LogP) is 4.46. The van der Waals surface area contributed by atoms with Crippen molar-refractivity contribution in [2.45, 2.75) is 45.2 Å². The number of benzene rings is 1. The molecule has 1 aliphatic rings. The first kappa shape index (κ1) is 21.1. The van der Waals surface area contributed by atoms with Crippen LogP contribution in [0.3, 0.4) is 0 Å². The highest BCUT2D eigenvalue weighted by atomic mass is 35.5. The molecule has 0 spiro atoms. The minimum Gasteiger partial charge on any atom is -0.363 e. The highest BCUT2D eigenvalue weighted by Gasteiger charge is 2.31. The zero-order valence-corrected chi connectivity index (χ0v) is 18.0. The Balaban J connectivity index is 1.86. The van der Waals surface area contributed by atoms with E-state index in [9.17, 15) is 9.59 Å². The van der Waals surface area contributed by atoms with Crippen LogP contribution in [0.1, 0.15) is 53.8 Å². The van der Waals surface area contributed by atoms with Crippen LogP contribution in [-0.2, 0) is 0 Å². The van der Waals surface area contributed by atoms with E-state index in [0.717, 1.165) is 25.1 Å². The third-order valence-electron chi connectivity index (χ3n) is 5.36. The third-order valence-corrected chi connectivity index (χ3v) is 5.59. The Hall–Kier alpha value is -2.60. The van der Waals surface area contributed by atoms with Crippen molar-refractivity contribution < 1.29 is 9.59 Å². The van der Waals surface area contributed by atoms with Crippen LogP contribution in [0, 0.1) is 0 Å². The summed E-state index contributed by atoms with van der Waals surface area (Å²) in [6.45, 7) is 4.13. The van der Waals surface area contributed by atoms with Gasteiger partial charge in [-0.05, 0) is 63.4 Å². The van der Waals surface area contributed by atoms with E-state index in [1.54, 1.807) is 30.3 Å². The highest BCUT2D eigenvalue weighted by molar-refractivity contribution is 6.31. The van der Waals surface area contributed by atoms with Crippen molar-refractivity contribution in [1.29, 1.82) is 0 Å². The van der Waals surface area contributed by atoms with Crippen molar-refractivity contribution in [3.8, 4) is 0 Å². The lowest BCUT2D eigenvalue weighted by Crippen LogP contribution is -2.47. The standard InChI is InChI=1S/C22H27ClN4O2/c1-14-6-5-7-15(2)27(14)22(29)18-12-17(23)9-10-19(18)25-21(28)16-8-11-20(24-13-16)26(3)4/h8-15H,5-7H2,1-4H3,(H,25,28). The largest absolute Gasteiger partial charge is 0.363 e. The molecular formula is C22H27ClN4O2. The lowest BCUT2D eigenvalue weighted by Gasteiger charge is -2.39. The normalized spacial score (nSPS) is 19.0. The molecule has 0 aliphatic carbocycles. The molecule has 2 heterocycles. The lowest BCUT2D eigenvalue weighted by molar-refractivity contribution is 0.0512. The second-order valence-corrected chi connectivity index (χ2v) is 8.22. The topological polar surface area (TPSA) is 65.5 Å². The lowest BCUT2D eigenvalue weighted by atomic mass is 9.96. The highest BCUT2D eigenvalue weighted by Crippen LogP contribution is 2.29. The number of carbonyl (C=O) groups excluding carboxylic acids is 2. The van der Waals surface area contributed by atoms with Gasteiger partial charge in [0.2, 0.25) is 0 Å². The van der Waals surface area contributed by atoms with Crippen LogP contribution in [0.25, 0.3) is 0 Å². The molecule has 1 saturated heterocycles. The first-order valence-corrected chi connectivity index (χ1v) is 10.2. The Kier molecular flexibility index (Phi) is 6.42. The van der Waals surface area contributed by atoms with Gasteiger partial charge < -0.3 is 15.1 Å². The predicted molar refractivity (Wildman–Crippen MR) is 117 cm³/mol. The molecule has 1 aromatic heterocycles. The van der Waals surface area contributed by atoms with Crippen LogP contribution in [0.15, 0.2) is 36.5 Å². The smallest absolute Gasteiger partial charge is 0.257 e. The number of likely N-dealkylation sites (tertiary alicyclic amines) is 1. The van der Waals surface area contributed by atoms with Crippen molar-refractivity contribution in [1.82, 2.24) is 9.88 Å². The van der Waals surface area contributed by atoms with Crippen LogP contribution in [0.4, 0.5) is 11.5 Å². The summed E-state index contributed by atoms with van der Waals surface area (Å²) < 4.78 is 0. The number of aromatic nitrogens is 1. The van der Waals surface area contributed by atoms with E-state index in [2.05, 4.69) is 24.1 Å². The van der Waals surface area contributed by atoms with Gasteiger partial charge in [0.05, 0.1) is 16.8 Å². The number of halogens is 1. The molecule has 154 valence electrons. The third kappa shape index (κ3) is 4.70. The maximum atomic E-state index is 13.3. The molecule has 0 saturated carbocycles. The fourth-order valence-corrected chi connectivity index (χ4v) is 3.91. The summed E-state index contributed by atoms with van der Waals surface area (Å²) in [5, 5.41) is 3.31. The average Bonchev–Trinajstić information content (AvgIpc) is 2.69. The monoisotopic (exact) mass is 414 g/mol. The molecule has 2 amide bonds. The molecule has 1 fully saturated rings. The summed E-state index contributed by atoms with van der Waals surface area (Å²) in [4.78, 5) is 34.1. The number of rotatable bonds is 4. The van der Waals surface area contributed by atoms with Gasteiger partial charge in [-0.15, -0.1) is 0 Å². The first-order chi connectivity index (χ1) is 13.8. The van der Waals surface area contributed by atoms with E-state index >= 15 is 0 Å². The number of anilines is 2. The molecular weight excluding hydrogens is 388 g/mol. The fourth-order valence-electron chi connectivity index (χ4n) is 3.74. The molecule has 1 aromatic carbocycles. The van der Waals surface area contributed by atoms with E-state index in [1.807, 2.05) is 23.9 Å². The molecule has 3 rings (SSSR count). The van der Waals surface area contributed by atoms with Crippen LogP contribution in [0.2, 0.25) is 5.02 Å².